The van der Waals surface area contributed by atoms with Crippen LogP contribution in [0.25, 0.3) is 6.08 Å². The van der Waals surface area contributed by atoms with E-state index in [2.05, 4.69) is 4.72 Å². The fourth-order valence-electron chi connectivity index (χ4n) is 2.06. The lowest BCUT2D eigenvalue weighted by molar-refractivity contribution is -0.142. The van der Waals surface area contributed by atoms with E-state index in [0.717, 1.165) is 21.4 Å². The van der Waals surface area contributed by atoms with E-state index in [0.29, 0.717) is 4.88 Å². The molecule has 0 saturated carbocycles. The van der Waals surface area contributed by atoms with Gasteiger partial charge in [-0.1, -0.05) is 29.8 Å². The molecule has 1 heterocycles. The molecular formula is C19H21NO5S2. The van der Waals surface area contributed by atoms with Gasteiger partial charge in [-0.05, 0) is 37.6 Å². The maximum atomic E-state index is 11.9. The van der Waals surface area contributed by atoms with E-state index in [-0.39, 0.29) is 25.4 Å². The minimum atomic E-state index is -3.66. The Bertz CT molecular complexity index is 927. The van der Waals surface area contributed by atoms with Crippen molar-refractivity contribution in [1.29, 1.82) is 0 Å². The molecule has 8 heteroatoms. The van der Waals surface area contributed by atoms with Gasteiger partial charge in [0, 0.05) is 16.8 Å². The lowest BCUT2D eigenvalue weighted by atomic mass is 10.2. The van der Waals surface area contributed by atoms with Crippen LogP contribution >= 0.6 is 11.3 Å². The lowest BCUT2D eigenvalue weighted by Crippen LogP contribution is -2.25. The summed E-state index contributed by atoms with van der Waals surface area (Å²) in [5.41, 5.74) is 1.84. The van der Waals surface area contributed by atoms with Crippen molar-refractivity contribution >= 4 is 39.2 Å². The third kappa shape index (κ3) is 7.46. The number of Topliss-reactive ketones (excluding diaryl/α,β-unsaturated/α-hetero) is 1. The van der Waals surface area contributed by atoms with Crippen molar-refractivity contribution in [2.45, 2.75) is 20.3 Å². The van der Waals surface area contributed by atoms with Gasteiger partial charge >= 0.3 is 5.97 Å². The molecule has 1 aromatic heterocycles. The molecule has 1 N–H and O–H groups in total. The van der Waals surface area contributed by atoms with E-state index in [1.165, 1.54) is 17.4 Å². The highest BCUT2D eigenvalue weighted by molar-refractivity contribution is 7.92. The van der Waals surface area contributed by atoms with Gasteiger partial charge in [0.15, 0.2) is 6.61 Å². The second-order valence-corrected chi connectivity index (χ2v) is 8.84. The molecule has 144 valence electrons. The molecular weight excluding hydrogens is 386 g/mol. The Labute approximate surface area is 162 Å². The van der Waals surface area contributed by atoms with E-state index in [1.54, 1.807) is 6.07 Å². The highest BCUT2D eigenvalue weighted by Crippen LogP contribution is 2.15. The zero-order chi connectivity index (χ0) is 19.9. The highest BCUT2D eigenvalue weighted by atomic mass is 32.2. The predicted octanol–water partition coefficient (Wildman–Crippen LogP) is 3.07. The summed E-state index contributed by atoms with van der Waals surface area (Å²) in [6.07, 6.45) is 1.32. The smallest absolute Gasteiger partial charge is 0.307 e. The van der Waals surface area contributed by atoms with Gasteiger partial charge in [-0.25, -0.2) is 13.1 Å². The Morgan fingerprint density at radius 2 is 1.81 bits per heavy atom. The third-order valence-corrected chi connectivity index (χ3v) is 5.67. The summed E-state index contributed by atoms with van der Waals surface area (Å²) < 4.78 is 31.0. The normalized spacial score (nSPS) is 11.6. The largest absolute Gasteiger partial charge is 0.457 e. The first-order valence-corrected chi connectivity index (χ1v) is 10.6. The third-order valence-electron chi connectivity index (χ3n) is 3.53. The average Bonchev–Trinajstić information content (AvgIpc) is 3.05. The summed E-state index contributed by atoms with van der Waals surface area (Å²) in [7, 11) is -3.66. The van der Waals surface area contributed by atoms with Crippen LogP contribution in [0.5, 0.6) is 0 Å². The number of aryl methyl sites for hydroxylation is 2. The van der Waals surface area contributed by atoms with E-state index in [4.69, 9.17) is 4.74 Å². The average molecular weight is 408 g/mol. The molecule has 27 heavy (non-hydrogen) atoms. The van der Waals surface area contributed by atoms with Crippen molar-refractivity contribution in [2.75, 3.05) is 13.2 Å². The minimum absolute atomic E-state index is 0.105. The molecule has 0 aliphatic carbocycles. The summed E-state index contributed by atoms with van der Waals surface area (Å²) in [6.45, 7) is 3.37. The van der Waals surface area contributed by atoms with Crippen molar-refractivity contribution in [3.63, 3.8) is 0 Å². The van der Waals surface area contributed by atoms with Gasteiger partial charge in [-0.15, -0.1) is 11.3 Å². The summed E-state index contributed by atoms with van der Waals surface area (Å²) >= 11 is 1.33. The number of hydrogen-bond acceptors (Lipinski definition) is 6. The molecule has 0 bridgehead atoms. The number of thiophene rings is 1. The molecule has 2 rings (SSSR count). The highest BCUT2D eigenvalue weighted by Gasteiger charge is 2.12. The van der Waals surface area contributed by atoms with Crippen LogP contribution in [-0.4, -0.2) is 33.3 Å². The van der Waals surface area contributed by atoms with Crippen molar-refractivity contribution in [1.82, 2.24) is 4.72 Å². The molecule has 0 radical (unpaired) electrons. The quantitative estimate of drug-likeness (QED) is 0.510. The Hall–Kier alpha value is -2.29. The summed E-state index contributed by atoms with van der Waals surface area (Å²) in [6, 6.07) is 10.9. The van der Waals surface area contributed by atoms with Crippen LogP contribution < -0.4 is 4.72 Å². The van der Waals surface area contributed by atoms with Gasteiger partial charge in [-0.3, -0.25) is 9.59 Å². The first-order chi connectivity index (χ1) is 12.7. The number of hydrogen-bond donors (Lipinski definition) is 1. The van der Waals surface area contributed by atoms with Crippen molar-refractivity contribution in [3.05, 3.63) is 62.7 Å². The molecule has 0 aliphatic rings. The molecule has 0 amide bonds. The molecule has 0 fully saturated rings. The number of ketones is 1. The van der Waals surface area contributed by atoms with Crippen molar-refractivity contribution in [2.24, 2.45) is 0 Å². The van der Waals surface area contributed by atoms with Crippen LogP contribution in [0.15, 0.2) is 41.8 Å². The molecule has 0 saturated heterocycles. The number of benzene rings is 1. The number of sulfonamides is 1. The Balaban J connectivity index is 1.73. The number of rotatable bonds is 9. The predicted molar refractivity (Wildman–Crippen MR) is 106 cm³/mol. The minimum Gasteiger partial charge on any atom is -0.457 e. The van der Waals surface area contributed by atoms with Crippen LogP contribution in [0.3, 0.4) is 0 Å². The number of nitrogens with one attached hydrogen (secondary N) is 1. The molecule has 6 nitrogen and oxygen atoms in total. The van der Waals surface area contributed by atoms with E-state index >= 15 is 0 Å². The molecule has 2 aromatic rings. The molecule has 0 atom stereocenters. The standard InChI is InChI=1S/C19H21NO5S2/c1-14-3-6-16(7-4-14)10-12-27(23,24)20-11-9-19(22)25-13-17(21)18-8-5-15(2)26-18/h3-8,10,12,20H,9,11,13H2,1-2H3/b12-10+. The SMILES string of the molecule is Cc1ccc(/C=C/S(=O)(=O)NCCC(=O)OCC(=O)c2ccc(C)s2)cc1. The summed E-state index contributed by atoms with van der Waals surface area (Å²) in [5, 5.41) is 1.05. The topological polar surface area (TPSA) is 89.5 Å². The summed E-state index contributed by atoms with van der Waals surface area (Å²) in [5.74, 6) is -0.912. The monoisotopic (exact) mass is 407 g/mol. The van der Waals surface area contributed by atoms with Crippen LogP contribution in [0, 0.1) is 13.8 Å². The second kappa shape index (κ2) is 9.59. The maximum Gasteiger partial charge on any atom is 0.307 e. The van der Waals surface area contributed by atoms with Gasteiger partial charge in [0.2, 0.25) is 15.8 Å². The van der Waals surface area contributed by atoms with Crippen LogP contribution in [0.4, 0.5) is 0 Å². The molecule has 0 aliphatic heterocycles. The van der Waals surface area contributed by atoms with E-state index < -0.39 is 16.0 Å². The second-order valence-electron chi connectivity index (χ2n) is 5.90. The van der Waals surface area contributed by atoms with Gasteiger partial charge in [0.05, 0.1) is 11.3 Å². The molecule has 1 aromatic carbocycles. The fraction of sp³-hybridized carbons (Fsp3) is 0.263. The van der Waals surface area contributed by atoms with Gasteiger partial charge in [0.25, 0.3) is 0 Å². The van der Waals surface area contributed by atoms with Crippen molar-refractivity contribution < 1.29 is 22.7 Å². The van der Waals surface area contributed by atoms with E-state index in [1.807, 2.05) is 44.2 Å². The van der Waals surface area contributed by atoms with Crippen molar-refractivity contribution in [3.8, 4) is 0 Å². The Morgan fingerprint density at radius 1 is 1.11 bits per heavy atom. The van der Waals surface area contributed by atoms with Crippen LogP contribution in [-0.2, 0) is 19.6 Å². The zero-order valence-electron chi connectivity index (χ0n) is 15.1. The first kappa shape index (κ1) is 21.0. The summed E-state index contributed by atoms with van der Waals surface area (Å²) in [4.78, 5) is 25.0. The zero-order valence-corrected chi connectivity index (χ0v) is 16.7. The lowest BCUT2D eigenvalue weighted by Gasteiger charge is -2.04. The van der Waals surface area contributed by atoms with Crippen LogP contribution in [0.1, 0.15) is 32.1 Å². The van der Waals surface area contributed by atoms with Gasteiger partial charge < -0.3 is 4.74 Å². The number of carbonyl (C=O) groups is 2. The van der Waals surface area contributed by atoms with Gasteiger partial charge in [0.1, 0.15) is 0 Å². The van der Waals surface area contributed by atoms with Crippen LogP contribution in [0.2, 0.25) is 0 Å². The molecule has 0 unspecified atom stereocenters. The Kier molecular flexibility index (Phi) is 7.46. The number of ether oxygens (including phenoxy) is 1. The Morgan fingerprint density at radius 3 is 2.44 bits per heavy atom. The van der Waals surface area contributed by atoms with Gasteiger partial charge in [-0.2, -0.15) is 0 Å². The fourth-order valence-corrected chi connectivity index (χ4v) is 3.67. The van der Waals surface area contributed by atoms with E-state index in [9.17, 15) is 18.0 Å². The number of carbonyl (C=O) groups excluding carboxylic acids is 2. The number of esters is 1. The molecule has 0 spiro atoms. The maximum absolute atomic E-state index is 11.9. The first-order valence-electron chi connectivity index (χ1n) is 8.25.